The van der Waals surface area contributed by atoms with Crippen molar-refractivity contribution in [2.45, 2.75) is 6.42 Å². The molecule has 0 radical (unpaired) electrons. The maximum absolute atomic E-state index is 12.0. The lowest BCUT2D eigenvalue weighted by Gasteiger charge is -2.27. The molecule has 2 amide bonds. The summed E-state index contributed by atoms with van der Waals surface area (Å²) in [7, 11) is 0. The molecular weight excluding hydrogens is 338 g/mol. The molecule has 0 atom stereocenters. The van der Waals surface area contributed by atoms with Crippen LogP contribution in [0.25, 0.3) is 10.9 Å². The van der Waals surface area contributed by atoms with Gasteiger partial charge in [-0.25, -0.2) is 14.8 Å². The molecule has 1 aliphatic heterocycles. The molecule has 25 heavy (non-hydrogen) atoms. The number of fused-ring (bicyclic) bond motifs is 1. The molecule has 2 N–H and O–H groups in total. The van der Waals surface area contributed by atoms with Crippen LogP contribution in [0.2, 0.25) is 5.02 Å². The van der Waals surface area contributed by atoms with E-state index in [1.54, 1.807) is 11.0 Å². The number of benzene rings is 2. The minimum Gasteiger partial charge on any atom is -0.340 e. The third kappa shape index (κ3) is 3.21. The van der Waals surface area contributed by atoms with Gasteiger partial charge in [0.05, 0.1) is 5.52 Å². The normalized spacial score (nSPS) is 14.4. The monoisotopic (exact) mass is 353 g/mol. The molecule has 7 heteroatoms. The number of amides is 2. The van der Waals surface area contributed by atoms with Crippen LogP contribution in [0.4, 0.5) is 22.0 Å². The second kappa shape index (κ2) is 6.57. The van der Waals surface area contributed by atoms with Crippen molar-refractivity contribution in [2.75, 3.05) is 23.3 Å². The summed E-state index contributed by atoms with van der Waals surface area (Å²) in [4.78, 5) is 22.4. The molecule has 0 aliphatic carbocycles. The third-order valence-electron chi connectivity index (χ3n) is 4.10. The Balaban J connectivity index is 1.65. The minimum atomic E-state index is -0.0643. The summed E-state index contributed by atoms with van der Waals surface area (Å²) in [5, 5.41) is 7.69. The van der Waals surface area contributed by atoms with Crippen molar-refractivity contribution in [2.24, 2.45) is 0 Å². The first-order chi connectivity index (χ1) is 12.2. The highest BCUT2D eigenvalue weighted by molar-refractivity contribution is 6.31. The smallest absolute Gasteiger partial charge is 0.321 e. The average Bonchev–Trinajstić information content (AvgIpc) is 2.62. The number of rotatable bonds is 3. The number of urea groups is 1. The largest absolute Gasteiger partial charge is 0.340 e. The molecule has 0 spiro atoms. The first-order valence-corrected chi connectivity index (χ1v) is 8.41. The zero-order valence-electron chi connectivity index (χ0n) is 13.4. The highest BCUT2D eigenvalue weighted by Gasteiger charge is 2.19. The summed E-state index contributed by atoms with van der Waals surface area (Å²) in [6.45, 7) is 1.44. The summed E-state index contributed by atoms with van der Waals surface area (Å²) in [5.74, 6) is 0.696. The standard InChI is InChI=1S/C18H16ClN5O/c19-12-5-6-15-16(9-12)21-11-22-17(15)23-13-3-1-4-14(10-13)24-8-2-7-20-18(24)25/h1,3-6,9-11H,2,7-8H2,(H,20,25)(H,21,22,23). The van der Waals surface area contributed by atoms with Gasteiger partial charge in [0.25, 0.3) is 0 Å². The van der Waals surface area contributed by atoms with E-state index in [2.05, 4.69) is 20.6 Å². The van der Waals surface area contributed by atoms with E-state index in [4.69, 9.17) is 11.6 Å². The molecule has 1 aliphatic rings. The van der Waals surface area contributed by atoms with Crippen LogP contribution in [0.3, 0.4) is 0 Å². The minimum absolute atomic E-state index is 0.0643. The fourth-order valence-electron chi connectivity index (χ4n) is 2.89. The maximum atomic E-state index is 12.0. The summed E-state index contributed by atoms with van der Waals surface area (Å²) < 4.78 is 0. The number of hydrogen-bond donors (Lipinski definition) is 2. The second-order valence-corrected chi connectivity index (χ2v) is 6.23. The lowest BCUT2D eigenvalue weighted by molar-refractivity contribution is 0.243. The van der Waals surface area contributed by atoms with E-state index in [1.165, 1.54) is 6.33 Å². The van der Waals surface area contributed by atoms with Crippen molar-refractivity contribution in [3.05, 3.63) is 53.8 Å². The van der Waals surface area contributed by atoms with Crippen LogP contribution in [0.5, 0.6) is 0 Å². The van der Waals surface area contributed by atoms with Crippen LogP contribution >= 0.6 is 11.6 Å². The lowest BCUT2D eigenvalue weighted by Crippen LogP contribution is -2.46. The van der Waals surface area contributed by atoms with Gasteiger partial charge in [-0.1, -0.05) is 17.7 Å². The molecule has 3 aromatic rings. The molecule has 1 aromatic heterocycles. The fourth-order valence-corrected chi connectivity index (χ4v) is 3.06. The van der Waals surface area contributed by atoms with E-state index in [0.717, 1.165) is 35.2 Å². The zero-order valence-corrected chi connectivity index (χ0v) is 14.1. The Morgan fingerprint density at radius 3 is 2.96 bits per heavy atom. The van der Waals surface area contributed by atoms with E-state index in [-0.39, 0.29) is 6.03 Å². The fraction of sp³-hybridized carbons (Fsp3) is 0.167. The van der Waals surface area contributed by atoms with Crippen LogP contribution in [0.1, 0.15) is 6.42 Å². The van der Waals surface area contributed by atoms with Gasteiger partial charge in [0.15, 0.2) is 0 Å². The topological polar surface area (TPSA) is 70.2 Å². The van der Waals surface area contributed by atoms with Crippen molar-refractivity contribution >= 4 is 45.7 Å². The molecular formula is C18H16ClN5O. The third-order valence-corrected chi connectivity index (χ3v) is 4.33. The first-order valence-electron chi connectivity index (χ1n) is 8.03. The quantitative estimate of drug-likeness (QED) is 0.748. The van der Waals surface area contributed by atoms with E-state index >= 15 is 0 Å². The molecule has 6 nitrogen and oxygen atoms in total. The Bertz CT molecular complexity index is 946. The zero-order chi connectivity index (χ0) is 17.2. The molecule has 2 heterocycles. The van der Waals surface area contributed by atoms with E-state index < -0.39 is 0 Å². The Kier molecular flexibility index (Phi) is 4.11. The number of hydrogen-bond acceptors (Lipinski definition) is 4. The Labute approximate surface area is 149 Å². The molecule has 1 saturated heterocycles. The van der Waals surface area contributed by atoms with Gasteiger partial charge in [-0.05, 0) is 42.8 Å². The SMILES string of the molecule is O=C1NCCCN1c1cccc(Nc2ncnc3cc(Cl)ccc23)c1. The van der Waals surface area contributed by atoms with Gasteiger partial charge < -0.3 is 10.6 Å². The average molecular weight is 354 g/mol. The van der Waals surface area contributed by atoms with E-state index in [9.17, 15) is 4.79 Å². The summed E-state index contributed by atoms with van der Waals surface area (Å²) in [5.41, 5.74) is 2.48. The van der Waals surface area contributed by atoms with Crippen LogP contribution in [-0.4, -0.2) is 29.1 Å². The number of aromatic nitrogens is 2. The predicted molar refractivity (Wildman–Crippen MR) is 99.6 cm³/mol. The van der Waals surface area contributed by atoms with Crippen molar-refractivity contribution in [1.29, 1.82) is 0 Å². The van der Waals surface area contributed by atoms with E-state index in [0.29, 0.717) is 17.4 Å². The molecule has 126 valence electrons. The second-order valence-electron chi connectivity index (χ2n) is 5.80. The maximum Gasteiger partial charge on any atom is 0.321 e. The highest BCUT2D eigenvalue weighted by atomic mass is 35.5. The van der Waals surface area contributed by atoms with Gasteiger partial charge in [-0.3, -0.25) is 4.90 Å². The number of anilines is 3. The number of nitrogens with one attached hydrogen (secondary N) is 2. The molecule has 0 saturated carbocycles. The number of nitrogens with zero attached hydrogens (tertiary/aromatic N) is 3. The van der Waals surface area contributed by atoms with Gasteiger partial charge in [-0.15, -0.1) is 0 Å². The first kappa shape index (κ1) is 15.7. The summed E-state index contributed by atoms with van der Waals surface area (Å²) >= 11 is 6.03. The Hall–Kier alpha value is -2.86. The molecule has 0 unspecified atom stereocenters. The van der Waals surface area contributed by atoms with Crippen LogP contribution in [0, 0.1) is 0 Å². The van der Waals surface area contributed by atoms with Crippen molar-refractivity contribution in [3.8, 4) is 0 Å². The van der Waals surface area contributed by atoms with Gasteiger partial charge in [0, 0.05) is 34.9 Å². The summed E-state index contributed by atoms with van der Waals surface area (Å²) in [6.07, 6.45) is 2.43. The van der Waals surface area contributed by atoms with Crippen molar-refractivity contribution in [3.63, 3.8) is 0 Å². The summed E-state index contributed by atoms with van der Waals surface area (Å²) in [6, 6.07) is 13.2. The molecule has 2 aromatic carbocycles. The van der Waals surface area contributed by atoms with Crippen LogP contribution in [0.15, 0.2) is 48.8 Å². The lowest BCUT2D eigenvalue weighted by atomic mass is 10.2. The van der Waals surface area contributed by atoms with Crippen molar-refractivity contribution < 1.29 is 4.79 Å². The molecule has 4 rings (SSSR count). The van der Waals surface area contributed by atoms with Gasteiger partial charge >= 0.3 is 6.03 Å². The van der Waals surface area contributed by atoms with Crippen molar-refractivity contribution in [1.82, 2.24) is 15.3 Å². The highest BCUT2D eigenvalue weighted by Crippen LogP contribution is 2.27. The van der Waals surface area contributed by atoms with Gasteiger partial charge in [0.2, 0.25) is 0 Å². The van der Waals surface area contributed by atoms with Gasteiger partial charge in [0.1, 0.15) is 12.1 Å². The Morgan fingerprint density at radius 2 is 2.08 bits per heavy atom. The van der Waals surface area contributed by atoms with Gasteiger partial charge in [-0.2, -0.15) is 0 Å². The van der Waals surface area contributed by atoms with E-state index in [1.807, 2.05) is 36.4 Å². The van der Waals surface area contributed by atoms with Crippen LogP contribution < -0.4 is 15.5 Å². The predicted octanol–water partition coefficient (Wildman–Crippen LogP) is 3.95. The molecule has 1 fully saturated rings. The van der Waals surface area contributed by atoms with Crippen LogP contribution in [-0.2, 0) is 0 Å². The number of carbonyl (C=O) groups excluding carboxylic acids is 1. The molecule has 0 bridgehead atoms. The number of carbonyl (C=O) groups is 1. The number of halogens is 1. The Morgan fingerprint density at radius 1 is 1.16 bits per heavy atom.